The average Bonchev–Trinajstić information content (AvgIpc) is 3.33. The first-order chi connectivity index (χ1) is 19.9. The zero-order chi connectivity index (χ0) is 29.4. The van der Waals surface area contributed by atoms with Crippen LogP contribution in [0.5, 0.6) is 17.2 Å². The normalized spacial score (nSPS) is 11.9. The SMILES string of the molecule is COc1ccc(CCO)cc1Cn1c(CNC(=O)CCC(C)Cc2ccc(OC)c(OC)c2Cl)nc2ccccc21. The fourth-order valence-electron chi connectivity index (χ4n) is 5.06. The van der Waals surface area contributed by atoms with Gasteiger partial charge in [0.2, 0.25) is 5.91 Å². The van der Waals surface area contributed by atoms with Crippen molar-refractivity contribution in [3.8, 4) is 17.2 Å². The Labute approximate surface area is 246 Å². The molecule has 3 aromatic carbocycles. The first-order valence-corrected chi connectivity index (χ1v) is 14.1. The minimum absolute atomic E-state index is 0.0311. The number of nitrogens with zero attached hydrogens (tertiary/aromatic N) is 2. The lowest BCUT2D eigenvalue weighted by atomic mass is 9.96. The molecule has 0 saturated carbocycles. The van der Waals surface area contributed by atoms with Gasteiger partial charge in [0.25, 0.3) is 0 Å². The van der Waals surface area contributed by atoms with Gasteiger partial charge in [-0.25, -0.2) is 4.98 Å². The number of aliphatic hydroxyl groups excluding tert-OH is 1. The molecule has 1 aromatic heterocycles. The average molecular weight is 580 g/mol. The van der Waals surface area contributed by atoms with Crippen LogP contribution in [0.4, 0.5) is 0 Å². The highest BCUT2D eigenvalue weighted by Crippen LogP contribution is 2.38. The molecule has 0 radical (unpaired) electrons. The molecule has 0 bridgehead atoms. The number of halogens is 1. The maximum atomic E-state index is 12.9. The number of carbonyl (C=O) groups excluding carboxylic acids is 1. The van der Waals surface area contributed by atoms with Crippen LogP contribution < -0.4 is 19.5 Å². The van der Waals surface area contributed by atoms with Crippen LogP contribution in [0.25, 0.3) is 11.0 Å². The standard InChI is InChI=1S/C32H38ClN3O5/c1-21(17-23-11-13-28(40-3)32(41-4)31(23)33)9-14-30(38)34-19-29-35-25-7-5-6-8-26(25)36(29)20-24-18-22(15-16-37)10-12-27(24)39-2/h5-8,10-13,18,21,37H,9,14-17,19-20H2,1-4H3,(H,34,38). The largest absolute Gasteiger partial charge is 0.496 e. The van der Waals surface area contributed by atoms with Gasteiger partial charge in [0, 0.05) is 18.6 Å². The molecule has 4 rings (SSSR count). The number of fused-ring (bicyclic) bond motifs is 1. The lowest BCUT2D eigenvalue weighted by molar-refractivity contribution is -0.121. The number of imidazole rings is 1. The van der Waals surface area contributed by atoms with Crippen molar-refractivity contribution in [2.75, 3.05) is 27.9 Å². The lowest BCUT2D eigenvalue weighted by Gasteiger charge is -2.16. The summed E-state index contributed by atoms with van der Waals surface area (Å²) in [5.74, 6) is 2.85. The van der Waals surface area contributed by atoms with Crippen LogP contribution in [0.1, 0.15) is 42.3 Å². The van der Waals surface area contributed by atoms with Gasteiger partial charge in [-0.3, -0.25) is 4.79 Å². The van der Waals surface area contributed by atoms with Gasteiger partial charge in [-0.05, 0) is 60.6 Å². The maximum absolute atomic E-state index is 12.9. The molecule has 0 fully saturated rings. The number of aromatic nitrogens is 2. The highest BCUT2D eigenvalue weighted by atomic mass is 35.5. The van der Waals surface area contributed by atoms with E-state index >= 15 is 0 Å². The second kappa shape index (κ2) is 14.2. The Hall–Kier alpha value is -3.75. The summed E-state index contributed by atoms with van der Waals surface area (Å²) < 4.78 is 18.5. The molecule has 1 unspecified atom stereocenters. The lowest BCUT2D eigenvalue weighted by Crippen LogP contribution is -2.25. The van der Waals surface area contributed by atoms with Crippen molar-refractivity contribution in [2.24, 2.45) is 5.92 Å². The quantitative estimate of drug-likeness (QED) is 0.203. The van der Waals surface area contributed by atoms with E-state index in [0.29, 0.717) is 48.9 Å². The van der Waals surface area contributed by atoms with Crippen LogP contribution in [-0.4, -0.2) is 48.5 Å². The van der Waals surface area contributed by atoms with Gasteiger partial charge >= 0.3 is 0 Å². The first kappa shape index (κ1) is 30.2. The number of amides is 1. The summed E-state index contributed by atoms with van der Waals surface area (Å²) in [5, 5.41) is 13.0. The summed E-state index contributed by atoms with van der Waals surface area (Å²) in [5.41, 5.74) is 4.82. The maximum Gasteiger partial charge on any atom is 0.220 e. The Balaban J connectivity index is 1.42. The first-order valence-electron chi connectivity index (χ1n) is 13.7. The highest BCUT2D eigenvalue weighted by Gasteiger charge is 2.17. The molecule has 1 heterocycles. The van der Waals surface area contributed by atoms with Crippen molar-refractivity contribution in [3.05, 3.63) is 82.1 Å². The molecule has 2 N–H and O–H groups in total. The number of hydrogen-bond acceptors (Lipinski definition) is 6. The number of ether oxygens (including phenoxy) is 3. The summed E-state index contributed by atoms with van der Waals surface area (Å²) >= 11 is 6.55. The summed E-state index contributed by atoms with van der Waals surface area (Å²) in [6.45, 7) is 3.02. The second-order valence-corrected chi connectivity index (χ2v) is 10.5. The van der Waals surface area contributed by atoms with E-state index in [1.807, 2.05) is 48.5 Å². The van der Waals surface area contributed by atoms with Gasteiger partial charge in [0.05, 0.1) is 50.5 Å². The predicted molar refractivity (Wildman–Crippen MR) is 161 cm³/mol. The van der Waals surface area contributed by atoms with Crippen LogP contribution in [0.2, 0.25) is 5.02 Å². The Morgan fingerprint density at radius 2 is 1.78 bits per heavy atom. The zero-order valence-corrected chi connectivity index (χ0v) is 24.8. The number of benzene rings is 3. The number of para-hydroxylation sites is 2. The van der Waals surface area contributed by atoms with E-state index in [2.05, 4.69) is 22.9 Å². The van der Waals surface area contributed by atoms with Crippen molar-refractivity contribution in [1.82, 2.24) is 14.9 Å². The van der Waals surface area contributed by atoms with Crippen LogP contribution in [0, 0.1) is 5.92 Å². The summed E-state index contributed by atoms with van der Waals surface area (Å²) in [4.78, 5) is 17.7. The van der Waals surface area contributed by atoms with E-state index in [0.717, 1.165) is 45.7 Å². The van der Waals surface area contributed by atoms with Crippen molar-refractivity contribution >= 4 is 28.5 Å². The number of carbonyl (C=O) groups is 1. The molecule has 0 aliphatic rings. The molecule has 1 atom stereocenters. The minimum atomic E-state index is -0.0311. The Morgan fingerprint density at radius 1 is 1.02 bits per heavy atom. The van der Waals surface area contributed by atoms with E-state index in [-0.39, 0.29) is 18.4 Å². The van der Waals surface area contributed by atoms with E-state index in [9.17, 15) is 9.90 Å². The van der Waals surface area contributed by atoms with Crippen LogP contribution in [0.3, 0.4) is 0 Å². The molecule has 41 heavy (non-hydrogen) atoms. The van der Waals surface area contributed by atoms with Crippen LogP contribution in [0.15, 0.2) is 54.6 Å². The number of methoxy groups -OCH3 is 3. The minimum Gasteiger partial charge on any atom is -0.496 e. The number of nitrogens with one attached hydrogen (secondary N) is 1. The molecule has 9 heteroatoms. The highest BCUT2D eigenvalue weighted by molar-refractivity contribution is 6.33. The molecule has 0 aliphatic carbocycles. The molecule has 8 nitrogen and oxygen atoms in total. The van der Waals surface area contributed by atoms with Crippen molar-refractivity contribution < 1.29 is 24.1 Å². The smallest absolute Gasteiger partial charge is 0.220 e. The predicted octanol–water partition coefficient (Wildman–Crippen LogP) is 5.57. The van der Waals surface area contributed by atoms with Gasteiger partial charge in [0.1, 0.15) is 11.6 Å². The Bertz CT molecular complexity index is 1490. The van der Waals surface area contributed by atoms with Crippen LogP contribution in [-0.2, 0) is 30.7 Å². The molecule has 0 saturated heterocycles. The molecular formula is C32H38ClN3O5. The van der Waals surface area contributed by atoms with E-state index < -0.39 is 0 Å². The van der Waals surface area contributed by atoms with Crippen molar-refractivity contribution in [1.29, 1.82) is 0 Å². The van der Waals surface area contributed by atoms with E-state index in [1.54, 1.807) is 21.3 Å². The van der Waals surface area contributed by atoms with E-state index in [4.69, 9.17) is 30.8 Å². The van der Waals surface area contributed by atoms with Crippen LogP contribution >= 0.6 is 11.6 Å². The van der Waals surface area contributed by atoms with Gasteiger partial charge in [-0.2, -0.15) is 0 Å². The fraction of sp³-hybridized carbons (Fsp3) is 0.375. The Kier molecular flexibility index (Phi) is 10.5. The third-order valence-electron chi connectivity index (χ3n) is 7.25. The number of rotatable bonds is 14. The molecular weight excluding hydrogens is 542 g/mol. The molecule has 1 amide bonds. The van der Waals surface area contributed by atoms with Crippen molar-refractivity contribution in [2.45, 2.75) is 45.7 Å². The molecule has 0 spiro atoms. The number of aliphatic hydroxyl groups is 1. The third-order valence-corrected chi connectivity index (χ3v) is 7.66. The summed E-state index contributed by atoms with van der Waals surface area (Å²) in [6, 6.07) is 17.7. The van der Waals surface area contributed by atoms with Crippen molar-refractivity contribution in [3.63, 3.8) is 0 Å². The topological polar surface area (TPSA) is 94.8 Å². The van der Waals surface area contributed by atoms with E-state index in [1.165, 1.54) is 0 Å². The monoisotopic (exact) mass is 579 g/mol. The second-order valence-electron chi connectivity index (χ2n) is 10.1. The summed E-state index contributed by atoms with van der Waals surface area (Å²) in [7, 11) is 4.80. The fourth-order valence-corrected chi connectivity index (χ4v) is 5.37. The van der Waals surface area contributed by atoms with Gasteiger partial charge in [-0.1, -0.05) is 48.9 Å². The van der Waals surface area contributed by atoms with Gasteiger partial charge in [-0.15, -0.1) is 0 Å². The van der Waals surface area contributed by atoms with Gasteiger partial charge < -0.3 is 29.2 Å². The zero-order valence-electron chi connectivity index (χ0n) is 24.1. The molecule has 4 aromatic rings. The van der Waals surface area contributed by atoms with Gasteiger partial charge in [0.15, 0.2) is 11.5 Å². The third kappa shape index (κ3) is 7.31. The Morgan fingerprint density at radius 3 is 2.51 bits per heavy atom. The summed E-state index contributed by atoms with van der Waals surface area (Å²) in [6.07, 6.45) is 2.39. The number of hydrogen-bond donors (Lipinski definition) is 2. The molecule has 0 aliphatic heterocycles. The molecule has 218 valence electrons.